The zero-order chi connectivity index (χ0) is 21.6. The summed E-state index contributed by atoms with van der Waals surface area (Å²) in [6.45, 7) is -0.220. The zero-order valence-electron chi connectivity index (χ0n) is 16.9. The number of piperidine rings is 1. The normalized spacial score (nSPS) is 14.8. The standard InChI is InChI=1S/C22H23F3N4OS/c23-19-7-3-2-6-16(19)15-31-22-27-26-20(14-28-12-4-1-5-13-28)29(22)17-8-10-18(11-9-17)30-21(24)25/h2-3,6-11,21H,1,4-5,12-15H2. The van der Waals surface area contributed by atoms with Gasteiger partial charge in [-0.05, 0) is 61.8 Å². The van der Waals surface area contributed by atoms with Gasteiger partial charge in [-0.3, -0.25) is 9.47 Å². The summed E-state index contributed by atoms with van der Waals surface area (Å²) >= 11 is 1.39. The van der Waals surface area contributed by atoms with Gasteiger partial charge in [-0.2, -0.15) is 8.78 Å². The van der Waals surface area contributed by atoms with Crippen LogP contribution in [-0.4, -0.2) is 39.4 Å². The van der Waals surface area contributed by atoms with Crippen molar-refractivity contribution in [3.8, 4) is 11.4 Å². The largest absolute Gasteiger partial charge is 0.435 e. The monoisotopic (exact) mass is 448 g/mol. The van der Waals surface area contributed by atoms with Crippen molar-refractivity contribution >= 4 is 11.8 Å². The van der Waals surface area contributed by atoms with E-state index in [2.05, 4.69) is 19.8 Å². The van der Waals surface area contributed by atoms with E-state index in [9.17, 15) is 13.2 Å². The number of thioether (sulfide) groups is 1. The van der Waals surface area contributed by atoms with Gasteiger partial charge < -0.3 is 4.74 Å². The molecule has 0 N–H and O–H groups in total. The zero-order valence-corrected chi connectivity index (χ0v) is 17.7. The summed E-state index contributed by atoms with van der Waals surface area (Å²) in [6, 6.07) is 13.0. The maximum absolute atomic E-state index is 14.0. The van der Waals surface area contributed by atoms with Gasteiger partial charge in [0.2, 0.25) is 0 Å². The molecule has 1 saturated heterocycles. The third kappa shape index (κ3) is 5.59. The van der Waals surface area contributed by atoms with Gasteiger partial charge in [0.05, 0.1) is 6.54 Å². The molecule has 31 heavy (non-hydrogen) atoms. The second-order valence-corrected chi connectivity index (χ2v) is 8.27. The third-order valence-corrected chi connectivity index (χ3v) is 6.13. The molecule has 2 heterocycles. The Bertz CT molecular complexity index is 991. The molecule has 1 aliphatic rings. The number of halogens is 3. The van der Waals surface area contributed by atoms with Crippen LogP contribution in [0.2, 0.25) is 0 Å². The number of benzene rings is 2. The second-order valence-electron chi connectivity index (χ2n) is 7.32. The van der Waals surface area contributed by atoms with E-state index in [0.29, 0.717) is 23.0 Å². The molecule has 0 bridgehead atoms. The lowest BCUT2D eigenvalue weighted by Crippen LogP contribution is -2.30. The fourth-order valence-corrected chi connectivity index (χ4v) is 4.56. The number of alkyl halides is 2. The number of nitrogens with zero attached hydrogens (tertiary/aromatic N) is 4. The quantitative estimate of drug-likeness (QED) is 0.439. The molecule has 0 atom stereocenters. The Labute approximate surface area is 183 Å². The van der Waals surface area contributed by atoms with Crippen LogP contribution in [-0.2, 0) is 12.3 Å². The summed E-state index contributed by atoms with van der Waals surface area (Å²) in [6.07, 6.45) is 3.55. The Morgan fingerprint density at radius 2 is 1.71 bits per heavy atom. The van der Waals surface area contributed by atoms with Crippen molar-refractivity contribution in [3.63, 3.8) is 0 Å². The van der Waals surface area contributed by atoms with Crippen molar-refractivity contribution in [3.05, 3.63) is 65.7 Å². The van der Waals surface area contributed by atoms with Gasteiger partial charge in [0, 0.05) is 11.4 Å². The van der Waals surface area contributed by atoms with Gasteiger partial charge in [0.1, 0.15) is 11.6 Å². The molecule has 0 unspecified atom stereocenters. The van der Waals surface area contributed by atoms with Crippen molar-refractivity contribution in [2.45, 2.75) is 43.3 Å². The molecule has 1 aliphatic heterocycles. The highest BCUT2D eigenvalue weighted by atomic mass is 32.2. The van der Waals surface area contributed by atoms with E-state index in [4.69, 9.17) is 0 Å². The van der Waals surface area contributed by atoms with Crippen molar-refractivity contribution in [2.75, 3.05) is 13.1 Å². The van der Waals surface area contributed by atoms with Crippen LogP contribution in [0.25, 0.3) is 5.69 Å². The summed E-state index contributed by atoms with van der Waals surface area (Å²) < 4.78 is 45.4. The lowest BCUT2D eigenvalue weighted by Gasteiger charge is -2.26. The van der Waals surface area contributed by atoms with E-state index in [1.807, 2.05) is 4.57 Å². The Hall–Kier alpha value is -2.52. The highest BCUT2D eigenvalue weighted by molar-refractivity contribution is 7.98. The first-order valence-corrected chi connectivity index (χ1v) is 11.2. The van der Waals surface area contributed by atoms with Crippen LogP contribution in [0.3, 0.4) is 0 Å². The number of aromatic nitrogens is 3. The summed E-state index contributed by atoms with van der Waals surface area (Å²) in [4.78, 5) is 2.34. The number of likely N-dealkylation sites (tertiary alicyclic amines) is 1. The Morgan fingerprint density at radius 1 is 0.968 bits per heavy atom. The van der Waals surface area contributed by atoms with Gasteiger partial charge in [-0.25, -0.2) is 4.39 Å². The van der Waals surface area contributed by atoms with Crippen LogP contribution in [0.5, 0.6) is 5.75 Å². The molecule has 0 saturated carbocycles. The first-order chi connectivity index (χ1) is 15.1. The molecule has 1 aromatic heterocycles. The molecule has 2 aromatic carbocycles. The van der Waals surface area contributed by atoms with Gasteiger partial charge in [0.15, 0.2) is 11.0 Å². The van der Waals surface area contributed by atoms with Gasteiger partial charge in [-0.15, -0.1) is 10.2 Å². The van der Waals surface area contributed by atoms with E-state index in [-0.39, 0.29) is 11.6 Å². The summed E-state index contributed by atoms with van der Waals surface area (Å²) in [5.74, 6) is 0.995. The van der Waals surface area contributed by atoms with E-state index in [0.717, 1.165) is 37.4 Å². The number of ether oxygens (including phenoxy) is 1. The van der Waals surface area contributed by atoms with E-state index >= 15 is 0 Å². The molecule has 3 aromatic rings. The van der Waals surface area contributed by atoms with Crippen LogP contribution in [0, 0.1) is 5.82 Å². The average Bonchev–Trinajstić information content (AvgIpc) is 3.16. The van der Waals surface area contributed by atoms with Crippen molar-refractivity contribution in [1.82, 2.24) is 19.7 Å². The minimum absolute atomic E-state index is 0.0879. The lowest BCUT2D eigenvalue weighted by molar-refractivity contribution is -0.0498. The van der Waals surface area contributed by atoms with Crippen LogP contribution in [0.15, 0.2) is 53.7 Å². The van der Waals surface area contributed by atoms with Crippen LogP contribution < -0.4 is 4.74 Å². The maximum Gasteiger partial charge on any atom is 0.387 e. The topological polar surface area (TPSA) is 43.2 Å². The Balaban J connectivity index is 1.60. The average molecular weight is 449 g/mol. The van der Waals surface area contributed by atoms with Crippen molar-refractivity contribution < 1.29 is 17.9 Å². The van der Waals surface area contributed by atoms with Crippen LogP contribution >= 0.6 is 11.8 Å². The number of hydrogen-bond donors (Lipinski definition) is 0. The number of rotatable bonds is 8. The van der Waals surface area contributed by atoms with Gasteiger partial charge in [-0.1, -0.05) is 36.4 Å². The summed E-state index contributed by atoms with van der Waals surface area (Å²) in [5.41, 5.74) is 1.33. The highest BCUT2D eigenvalue weighted by Gasteiger charge is 2.19. The molecular weight excluding hydrogens is 425 g/mol. The molecule has 0 amide bonds. The molecule has 1 fully saturated rings. The lowest BCUT2D eigenvalue weighted by atomic mass is 10.1. The Kier molecular flexibility index (Phi) is 7.14. The predicted octanol–water partition coefficient (Wildman–Crippen LogP) is 5.29. The molecule has 5 nitrogen and oxygen atoms in total. The molecule has 164 valence electrons. The van der Waals surface area contributed by atoms with E-state index in [1.165, 1.54) is 36.4 Å². The minimum atomic E-state index is -2.87. The fourth-order valence-electron chi connectivity index (χ4n) is 3.61. The van der Waals surface area contributed by atoms with Gasteiger partial charge in [0.25, 0.3) is 0 Å². The molecule has 9 heteroatoms. The van der Waals surface area contributed by atoms with E-state index < -0.39 is 6.61 Å². The highest BCUT2D eigenvalue weighted by Crippen LogP contribution is 2.28. The third-order valence-electron chi connectivity index (χ3n) is 5.15. The van der Waals surface area contributed by atoms with Gasteiger partial charge >= 0.3 is 6.61 Å². The van der Waals surface area contributed by atoms with Crippen LogP contribution in [0.1, 0.15) is 30.7 Å². The van der Waals surface area contributed by atoms with E-state index in [1.54, 1.807) is 30.3 Å². The number of hydrogen-bond acceptors (Lipinski definition) is 5. The predicted molar refractivity (Wildman–Crippen MR) is 113 cm³/mol. The SMILES string of the molecule is Fc1ccccc1CSc1nnc(CN2CCCCC2)n1-c1ccc(OC(F)F)cc1. The molecule has 4 rings (SSSR count). The molecule has 0 radical (unpaired) electrons. The first kappa shape index (κ1) is 21.7. The first-order valence-electron chi connectivity index (χ1n) is 10.2. The Morgan fingerprint density at radius 3 is 2.42 bits per heavy atom. The molecule has 0 spiro atoms. The van der Waals surface area contributed by atoms with Crippen molar-refractivity contribution in [2.24, 2.45) is 0 Å². The maximum atomic E-state index is 14.0. The minimum Gasteiger partial charge on any atom is -0.435 e. The smallest absolute Gasteiger partial charge is 0.387 e. The molecule has 0 aliphatic carbocycles. The van der Waals surface area contributed by atoms with Crippen molar-refractivity contribution in [1.29, 1.82) is 0 Å². The van der Waals surface area contributed by atoms with Crippen LogP contribution in [0.4, 0.5) is 13.2 Å². The summed E-state index contributed by atoms with van der Waals surface area (Å²) in [7, 11) is 0. The fraction of sp³-hybridized carbons (Fsp3) is 0.364. The summed E-state index contributed by atoms with van der Waals surface area (Å²) in [5, 5.41) is 9.37. The molecular formula is C22H23F3N4OS. The second kappa shape index (κ2) is 10.2.